The number of ether oxygens (including phenoxy) is 2. The molecular formula is C22H27NO7S. The molecule has 1 unspecified atom stereocenters. The molecule has 0 aliphatic carbocycles. The van der Waals surface area contributed by atoms with Gasteiger partial charge in [0.25, 0.3) is 0 Å². The van der Waals surface area contributed by atoms with Gasteiger partial charge in [-0.05, 0) is 57.5 Å². The smallest absolute Gasteiger partial charge is 0.407 e. The van der Waals surface area contributed by atoms with Crippen molar-refractivity contribution in [3.8, 4) is 5.75 Å². The monoisotopic (exact) mass is 449 g/mol. The normalized spacial score (nSPS) is 12.5. The van der Waals surface area contributed by atoms with Crippen molar-refractivity contribution in [1.29, 1.82) is 0 Å². The van der Waals surface area contributed by atoms with Crippen molar-refractivity contribution in [2.75, 3.05) is 13.7 Å². The highest BCUT2D eigenvalue weighted by atomic mass is 32.2. The topological polar surface area (TPSA) is 108 Å². The van der Waals surface area contributed by atoms with Crippen LogP contribution in [0.5, 0.6) is 5.75 Å². The molecule has 0 saturated carbocycles. The summed E-state index contributed by atoms with van der Waals surface area (Å²) in [7, 11) is -2.74. The SMILES string of the molecule is COC(=O)C(CNC(=O)OC(C)(C)C)c1ccc(OS(=O)(=O)c2ccc(C)cc2)cc1. The minimum atomic E-state index is -3.99. The third-order valence-corrected chi connectivity index (χ3v) is 5.39. The van der Waals surface area contributed by atoms with Gasteiger partial charge < -0.3 is 19.0 Å². The van der Waals surface area contributed by atoms with Crippen molar-refractivity contribution in [3.63, 3.8) is 0 Å². The molecule has 2 aromatic carbocycles. The van der Waals surface area contributed by atoms with E-state index in [0.29, 0.717) is 5.56 Å². The van der Waals surface area contributed by atoms with E-state index in [1.807, 2.05) is 6.92 Å². The Labute approximate surface area is 182 Å². The summed E-state index contributed by atoms with van der Waals surface area (Å²) >= 11 is 0. The molecule has 0 saturated heterocycles. The molecule has 168 valence electrons. The van der Waals surface area contributed by atoms with Crippen molar-refractivity contribution in [3.05, 3.63) is 59.7 Å². The molecule has 1 atom stereocenters. The second-order valence-electron chi connectivity index (χ2n) is 7.88. The number of hydrogen-bond donors (Lipinski definition) is 1. The third-order valence-electron chi connectivity index (χ3n) is 4.13. The van der Waals surface area contributed by atoms with Crippen molar-refractivity contribution in [2.24, 2.45) is 0 Å². The van der Waals surface area contributed by atoms with Crippen molar-refractivity contribution < 1.29 is 31.7 Å². The zero-order valence-electron chi connectivity index (χ0n) is 18.2. The molecular weight excluding hydrogens is 422 g/mol. The van der Waals surface area contributed by atoms with E-state index >= 15 is 0 Å². The Kier molecular flexibility index (Phi) is 7.67. The number of aryl methyl sites for hydroxylation is 1. The maximum Gasteiger partial charge on any atom is 0.407 e. The highest BCUT2D eigenvalue weighted by molar-refractivity contribution is 7.87. The van der Waals surface area contributed by atoms with E-state index < -0.39 is 33.7 Å². The standard InChI is InChI=1S/C22H27NO7S/c1-15-6-12-18(13-7-15)31(26,27)30-17-10-8-16(9-11-17)19(20(24)28-5)14-23-21(25)29-22(2,3)4/h6-13,19H,14H2,1-5H3,(H,23,25). The maximum absolute atomic E-state index is 12.4. The summed E-state index contributed by atoms with van der Waals surface area (Å²) in [6.45, 7) is 6.99. The van der Waals surface area contributed by atoms with Crippen molar-refractivity contribution >= 4 is 22.2 Å². The molecule has 9 heteroatoms. The first-order valence-corrected chi connectivity index (χ1v) is 11.0. The Balaban J connectivity index is 2.12. The van der Waals surface area contributed by atoms with Gasteiger partial charge in [-0.15, -0.1) is 0 Å². The average molecular weight is 450 g/mol. The Hall–Kier alpha value is -3.07. The van der Waals surface area contributed by atoms with E-state index in [0.717, 1.165) is 5.56 Å². The summed E-state index contributed by atoms with van der Waals surface area (Å²) in [4.78, 5) is 24.1. The fraction of sp³-hybridized carbons (Fsp3) is 0.364. The lowest BCUT2D eigenvalue weighted by molar-refractivity contribution is -0.142. The highest BCUT2D eigenvalue weighted by Crippen LogP contribution is 2.23. The highest BCUT2D eigenvalue weighted by Gasteiger charge is 2.24. The van der Waals surface area contributed by atoms with E-state index in [-0.39, 0.29) is 17.2 Å². The molecule has 0 radical (unpaired) electrons. The zero-order chi connectivity index (χ0) is 23.2. The Morgan fingerprint density at radius 2 is 1.58 bits per heavy atom. The number of alkyl carbamates (subject to hydrolysis) is 1. The van der Waals surface area contributed by atoms with E-state index in [1.54, 1.807) is 45.0 Å². The molecule has 1 N–H and O–H groups in total. The average Bonchev–Trinajstić information content (AvgIpc) is 2.67. The van der Waals surface area contributed by atoms with Crippen LogP contribution in [0.1, 0.15) is 37.8 Å². The second kappa shape index (κ2) is 9.82. The lowest BCUT2D eigenvalue weighted by Gasteiger charge is -2.21. The molecule has 0 fully saturated rings. The summed E-state index contributed by atoms with van der Waals surface area (Å²) in [5, 5.41) is 2.54. The van der Waals surface area contributed by atoms with Gasteiger partial charge in [0, 0.05) is 6.54 Å². The van der Waals surface area contributed by atoms with Gasteiger partial charge in [-0.25, -0.2) is 4.79 Å². The predicted octanol–water partition coefficient (Wildman–Crippen LogP) is 3.54. The maximum atomic E-state index is 12.4. The molecule has 0 aliphatic heterocycles. The Morgan fingerprint density at radius 3 is 2.10 bits per heavy atom. The number of hydrogen-bond acceptors (Lipinski definition) is 7. The summed E-state index contributed by atoms with van der Waals surface area (Å²) in [6.07, 6.45) is -0.662. The number of benzene rings is 2. The number of carbonyl (C=O) groups is 2. The van der Waals surface area contributed by atoms with Crippen molar-refractivity contribution in [1.82, 2.24) is 5.32 Å². The van der Waals surface area contributed by atoms with Crippen LogP contribution in [0.15, 0.2) is 53.4 Å². The van der Waals surface area contributed by atoms with E-state index in [9.17, 15) is 18.0 Å². The lowest BCUT2D eigenvalue weighted by Crippen LogP contribution is -2.36. The first-order chi connectivity index (χ1) is 14.4. The predicted molar refractivity (Wildman–Crippen MR) is 114 cm³/mol. The Morgan fingerprint density at radius 1 is 1.00 bits per heavy atom. The molecule has 2 aromatic rings. The van der Waals surface area contributed by atoms with Gasteiger partial charge in [0.1, 0.15) is 16.2 Å². The molecule has 0 bridgehead atoms. The van der Waals surface area contributed by atoms with Crippen LogP contribution in [0.2, 0.25) is 0 Å². The molecule has 1 amide bonds. The number of esters is 1. The van der Waals surface area contributed by atoms with Gasteiger partial charge in [-0.1, -0.05) is 29.8 Å². The minimum absolute atomic E-state index is 0.0381. The van der Waals surface area contributed by atoms with Crippen LogP contribution in [0, 0.1) is 6.92 Å². The van der Waals surface area contributed by atoms with Crippen LogP contribution in [0.4, 0.5) is 4.79 Å². The summed E-state index contributed by atoms with van der Waals surface area (Å²) < 4.78 is 40.0. The van der Waals surface area contributed by atoms with E-state index in [2.05, 4.69) is 5.32 Å². The van der Waals surface area contributed by atoms with Gasteiger partial charge in [-0.3, -0.25) is 4.79 Å². The fourth-order valence-electron chi connectivity index (χ4n) is 2.61. The van der Waals surface area contributed by atoms with Crippen LogP contribution in [-0.2, 0) is 24.4 Å². The molecule has 8 nitrogen and oxygen atoms in total. The lowest BCUT2D eigenvalue weighted by atomic mass is 9.99. The first kappa shape index (κ1) is 24.2. The van der Waals surface area contributed by atoms with E-state index in [4.69, 9.17) is 13.7 Å². The van der Waals surface area contributed by atoms with Gasteiger partial charge in [0.05, 0.1) is 13.0 Å². The molecule has 0 aliphatic rings. The van der Waals surface area contributed by atoms with Gasteiger partial charge in [-0.2, -0.15) is 8.42 Å². The molecule has 31 heavy (non-hydrogen) atoms. The largest absolute Gasteiger partial charge is 0.468 e. The minimum Gasteiger partial charge on any atom is -0.468 e. The van der Waals surface area contributed by atoms with Crippen LogP contribution < -0.4 is 9.50 Å². The number of carbonyl (C=O) groups excluding carboxylic acids is 2. The summed E-state index contributed by atoms with van der Waals surface area (Å²) in [6, 6.07) is 12.2. The third kappa shape index (κ3) is 7.29. The molecule has 2 rings (SSSR count). The molecule has 0 spiro atoms. The Bertz CT molecular complexity index is 1010. The van der Waals surface area contributed by atoms with Gasteiger partial charge in [0.15, 0.2) is 0 Å². The zero-order valence-corrected chi connectivity index (χ0v) is 19.0. The van der Waals surface area contributed by atoms with E-state index in [1.165, 1.54) is 31.4 Å². The number of rotatable bonds is 7. The second-order valence-corrected chi connectivity index (χ2v) is 9.42. The van der Waals surface area contributed by atoms with Crippen LogP contribution in [-0.4, -0.2) is 39.7 Å². The van der Waals surface area contributed by atoms with Crippen molar-refractivity contribution in [2.45, 2.75) is 44.1 Å². The number of methoxy groups -OCH3 is 1. The van der Waals surface area contributed by atoms with Crippen LogP contribution in [0.25, 0.3) is 0 Å². The number of nitrogens with one attached hydrogen (secondary N) is 1. The van der Waals surface area contributed by atoms with Crippen LogP contribution >= 0.6 is 0 Å². The summed E-state index contributed by atoms with van der Waals surface area (Å²) in [5.74, 6) is -1.27. The molecule has 0 aromatic heterocycles. The van der Waals surface area contributed by atoms with Gasteiger partial charge >= 0.3 is 22.2 Å². The quantitative estimate of drug-likeness (QED) is 0.509. The summed E-state index contributed by atoms with van der Waals surface area (Å²) in [5.41, 5.74) is 0.771. The van der Waals surface area contributed by atoms with Gasteiger partial charge in [0.2, 0.25) is 0 Å². The molecule has 0 heterocycles. The fourth-order valence-corrected chi connectivity index (χ4v) is 3.54. The van der Waals surface area contributed by atoms with Crippen LogP contribution in [0.3, 0.4) is 0 Å². The first-order valence-electron chi connectivity index (χ1n) is 9.57. The number of amides is 1.